The summed E-state index contributed by atoms with van der Waals surface area (Å²) in [6.45, 7) is 5.79. The van der Waals surface area contributed by atoms with Gasteiger partial charge in [-0.05, 0) is 31.2 Å². The Morgan fingerprint density at radius 1 is 1.27 bits per heavy atom. The van der Waals surface area contributed by atoms with E-state index in [2.05, 4.69) is 31.4 Å². The van der Waals surface area contributed by atoms with Crippen molar-refractivity contribution in [3.05, 3.63) is 34.6 Å². The molecule has 0 aliphatic heterocycles. The van der Waals surface area contributed by atoms with Crippen LogP contribution < -0.4 is 11.2 Å². The molecule has 3 N–H and O–H groups in total. The van der Waals surface area contributed by atoms with E-state index in [-0.39, 0.29) is 17.1 Å². The molecule has 0 saturated carbocycles. The molecule has 0 bridgehead atoms. The highest BCUT2D eigenvalue weighted by atomic mass is 79.9. The Hall–Kier alpha value is -1.54. The summed E-state index contributed by atoms with van der Waals surface area (Å²) in [7, 11) is 0. The second kappa shape index (κ2) is 7.15. The van der Waals surface area contributed by atoms with Gasteiger partial charge in [-0.25, -0.2) is 4.68 Å². The smallest absolute Gasteiger partial charge is 0.237 e. The molecular formula is C14H18BrN5OS. The fourth-order valence-corrected chi connectivity index (χ4v) is 2.79. The van der Waals surface area contributed by atoms with E-state index in [1.165, 1.54) is 16.4 Å². The first-order valence-corrected chi connectivity index (χ1v) is 8.49. The van der Waals surface area contributed by atoms with E-state index in [0.717, 1.165) is 10.2 Å². The third kappa shape index (κ3) is 4.01. The van der Waals surface area contributed by atoms with Crippen LogP contribution in [0.15, 0.2) is 33.9 Å². The van der Waals surface area contributed by atoms with Crippen molar-refractivity contribution in [2.45, 2.75) is 37.1 Å². The average Bonchev–Trinajstić information content (AvgIpc) is 2.82. The highest BCUT2D eigenvalue weighted by molar-refractivity contribution is 9.10. The van der Waals surface area contributed by atoms with Crippen LogP contribution in [0.1, 0.15) is 32.5 Å². The summed E-state index contributed by atoms with van der Waals surface area (Å²) in [5, 5.41) is 11.1. The third-order valence-electron chi connectivity index (χ3n) is 2.97. The number of aromatic nitrogens is 3. The Balaban J connectivity index is 2.01. The van der Waals surface area contributed by atoms with Gasteiger partial charge in [0.1, 0.15) is 0 Å². The van der Waals surface area contributed by atoms with Gasteiger partial charge in [-0.2, -0.15) is 0 Å². The summed E-state index contributed by atoms with van der Waals surface area (Å²) in [5.74, 6) is 6.72. The third-order valence-corrected chi connectivity index (χ3v) is 4.56. The molecule has 1 heterocycles. The number of thioether (sulfide) groups is 1. The Morgan fingerprint density at radius 2 is 1.91 bits per heavy atom. The SMILES string of the molecule is CC(C)c1nnc(S[C@H](C)C(=O)Nc2ccc(Br)cc2)n1N. The molecule has 0 radical (unpaired) electrons. The van der Waals surface area contributed by atoms with Gasteiger partial charge < -0.3 is 11.2 Å². The minimum absolute atomic E-state index is 0.110. The summed E-state index contributed by atoms with van der Waals surface area (Å²) in [6, 6.07) is 7.42. The highest BCUT2D eigenvalue weighted by Gasteiger charge is 2.20. The number of hydrogen-bond acceptors (Lipinski definition) is 5. The van der Waals surface area contributed by atoms with E-state index in [9.17, 15) is 4.79 Å². The molecule has 2 rings (SSSR count). The standard InChI is InChI=1S/C14H18BrN5OS/c1-8(2)12-18-19-14(20(12)16)22-9(3)13(21)17-11-6-4-10(15)5-7-11/h4-9H,16H2,1-3H3,(H,17,21)/t9-/m1/s1. The van der Waals surface area contributed by atoms with Gasteiger partial charge in [0, 0.05) is 16.1 Å². The van der Waals surface area contributed by atoms with E-state index >= 15 is 0 Å². The number of halogens is 1. The fourth-order valence-electron chi connectivity index (χ4n) is 1.75. The summed E-state index contributed by atoms with van der Waals surface area (Å²) in [4.78, 5) is 12.2. The summed E-state index contributed by atoms with van der Waals surface area (Å²) >= 11 is 4.64. The molecule has 0 unspecified atom stereocenters. The first kappa shape index (κ1) is 16.8. The van der Waals surface area contributed by atoms with Gasteiger partial charge in [0.2, 0.25) is 11.1 Å². The number of carbonyl (C=O) groups excluding carboxylic acids is 1. The van der Waals surface area contributed by atoms with Crippen LogP contribution in [0.5, 0.6) is 0 Å². The van der Waals surface area contributed by atoms with Crippen molar-refractivity contribution >= 4 is 39.3 Å². The first-order valence-electron chi connectivity index (χ1n) is 6.82. The molecule has 1 atom stereocenters. The molecule has 0 fully saturated rings. The Morgan fingerprint density at radius 3 is 2.45 bits per heavy atom. The zero-order valence-corrected chi connectivity index (χ0v) is 15.0. The number of benzene rings is 1. The molecule has 1 amide bonds. The molecule has 6 nitrogen and oxygen atoms in total. The number of nitrogen functional groups attached to an aromatic ring is 1. The molecule has 22 heavy (non-hydrogen) atoms. The monoisotopic (exact) mass is 383 g/mol. The predicted octanol–water partition coefficient (Wildman–Crippen LogP) is 3.00. The molecule has 2 aromatic rings. The average molecular weight is 384 g/mol. The number of hydrogen-bond donors (Lipinski definition) is 2. The van der Waals surface area contributed by atoms with Crippen molar-refractivity contribution in [2.75, 3.05) is 11.2 Å². The maximum atomic E-state index is 12.2. The predicted molar refractivity (Wildman–Crippen MR) is 92.4 cm³/mol. The zero-order valence-electron chi connectivity index (χ0n) is 12.6. The van der Waals surface area contributed by atoms with E-state index in [4.69, 9.17) is 5.84 Å². The molecule has 1 aromatic heterocycles. The van der Waals surface area contributed by atoms with E-state index in [1.807, 2.05) is 45.0 Å². The normalized spacial score (nSPS) is 12.4. The van der Waals surface area contributed by atoms with Gasteiger partial charge in [0.15, 0.2) is 5.82 Å². The van der Waals surface area contributed by atoms with Crippen LogP contribution in [0.3, 0.4) is 0 Å². The van der Waals surface area contributed by atoms with Crippen molar-refractivity contribution in [3.63, 3.8) is 0 Å². The van der Waals surface area contributed by atoms with E-state index in [0.29, 0.717) is 11.0 Å². The van der Waals surface area contributed by atoms with Crippen LogP contribution in [0.2, 0.25) is 0 Å². The topological polar surface area (TPSA) is 85.8 Å². The number of amides is 1. The van der Waals surface area contributed by atoms with Crippen LogP contribution in [-0.2, 0) is 4.79 Å². The number of carbonyl (C=O) groups is 1. The molecular weight excluding hydrogens is 366 g/mol. The Bertz CT molecular complexity index is 656. The molecule has 0 aliphatic rings. The minimum atomic E-state index is -0.338. The largest absolute Gasteiger partial charge is 0.336 e. The van der Waals surface area contributed by atoms with E-state index < -0.39 is 0 Å². The van der Waals surface area contributed by atoms with Crippen molar-refractivity contribution in [2.24, 2.45) is 0 Å². The lowest BCUT2D eigenvalue weighted by Gasteiger charge is -2.12. The lowest BCUT2D eigenvalue weighted by Crippen LogP contribution is -2.24. The number of anilines is 1. The van der Waals surface area contributed by atoms with Gasteiger partial charge in [-0.3, -0.25) is 4.79 Å². The summed E-state index contributed by atoms with van der Waals surface area (Å²) in [6.07, 6.45) is 0. The van der Waals surface area contributed by atoms with Gasteiger partial charge in [-0.1, -0.05) is 41.5 Å². The maximum Gasteiger partial charge on any atom is 0.237 e. The zero-order chi connectivity index (χ0) is 16.3. The molecule has 0 spiro atoms. The summed E-state index contributed by atoms with van der Waals surface area (Å²) < 4.78 is 2.41. The number of nitrogens with one attached hydrogen (secondary N) is 1. The first-order chi connectivity index (χ1) is 10.4. The van der Waals surface area contributed by atoms with Gasteiger partial charge in [0.05, 0.1) is 5.25 Å². The molecule has 0 saturated heterocycles. The molecule has 118 valence electrons. The van der Waals surface area contributed by atoms with Gasteiger partial charge in [0.25, 0.3) is 0 Å². The van der Waals surface area contributed by atoms with Crippen molar-refractivity contribution in [3.8, 4) is 0 Å². The number of rotatable bonds is 5. The lowest BCUT2D eigenvalue weighted by atomic mass is 10.2. The number of nitrogens with two attached hydrogens (primary N) is 1. The second-order valence-corrected chi connectivity index (χ2v) is 7.35. The van der Waals surface area contributed by atoms with Crippen molar-refractivity contribution in [1.29, 1.82) is 0 Å². The summed E-state index contributed by atoms with van der Waals surface area (Å²) in [5.41, 5.74) is 0.748. The molecule has 8 heteroatoms. The van der Waals surface area contributed by atoms with Crippen LogP contribution in [0.4, 0.5) is 5.69 Å². The minimum Gasteiger partial charge on any atom is -0.336 e. The van der Waals surface area contributed by atoms with Crippen LogP contribution >= 0.6 is 27.7 Å². The highest BCUT2D eigenvalue weighted by Crippen LogP contribution is 2.24. The molecule has 1 aromatic carbocycles. The quantitative estimate of drug-likeness (QED) is 0.612. The van der Waals surface area contributed by atoms with Gasteiger partial charge >= 0.3 is 0 Å². The Labute approximate surface area is 142 Å². The van der Waals surface area contributed by atoms with Crippen molar-refractivity contribution < 1.29 is 4.79 Å². The van der Waals surface area contributed by atoms with Gasteiger partial charge in [-0.15, -0.1) is 10.2 Å². The molecule has 0 aliphatic carbocycles. The lowest BCUT2D eigenvalue weighted by molar-refractivity contribution is -0.115. The number of nitrogens with zero attached hydrogens (tertiary/aromatic N) is 3. The maximum absolute atomic E-state index is 12.2. The van der Waals surface area contributed by atoms with Crippen LogP contribution in [0, 0.1) is 0 Å². The van der Waals surface area contributed by atoms with Crippen LogP contribution in [-0.4, -0.2) is 26.0 Å². The van der Waals surface area contributed by atoms with Crippen LogP contribution in [0.25, 0.3) is 0 Å². The van der Waals surface area contributed by atoms with E-state index in [1.54, 1.807) is 0 Å². The fraction of sp³-hybridized carbons (Fsp3) is 0.357. The Kier molecular flexibility index (Phi) is 5.47. The second-order valence-electron chi connectivity index (χ2n) is 5.12. The van der Waals surface area contributed by atoms with Crippen molar-refractivity contribution in [1.82, 2.24) is 14.9 Å².